The van der Waals surface area contributed by atoms with Gasteiger partial charge in [0.05, 0.1) is 16.7 Å². The number of fused-ring (bicyclic) bond motifs is 2. The van der Waals surface area contributed by atoms with E-state index in [-0.39, 0.29) is 25.0 Å². The van der Waals surface area contributed by atoms with Crippen molar-refractivity contribution in [2.75, 3.05) is 23.4 Å². The Balaban J connectivity index is 1.27. The van der Waals surface area contributed by atoms with Crippen LogP contribution in [0.25, 0.3) is 11.0 Å². The Morgan fingerprint density at radius 1 is 1.09 bits per heavy atom. The van der Waals surface area contributed by atoms with Crippen LogP contribution < -0.4 is 15.0 Å². The highest BCUT2D eigenvalue weighted by Crippen LogP contribution is 2.34. The van der Waals surface area contributed by atoms with Crippen molar-refractivity contribution in [2.45, 2.75) is 12.8 Å². The number of halogens is 1. The number of nitrogens with zero attached hydrogens (tertiary/aromatic N) is 2. The fraction of sp³-hybridized carbons (Fsp3) is 0.160. The monoisotopic (exact) mass is 460 g/mol. The Morgan fingerprint density at radius 2 is 1.94 bits per heavy atom. The number of hydrogen-bond donors (Lipinski definition) is 2. The van der Waals surface area contributed by atoms with Crippen LogP contribution in [0.4, 0.5) is 11.4 Å². The Hall–Kier alpha value is -3.84. The van der Waals surface area contributed by atoms with Gasteiger partial charge in [-0.25, -0.2) is 4.98 Å². The molecule has 2 heterocycles. The fourth-order valence-electron chi connectivity index (χ4n) is 3.86. The number of anilines is 2. The average molecular weight is 461 g/mol. The summed E-state index contributed by atoms with van der Waals surface area (Å²) in [5.41, 5.74) is 4.05. The molecule has 166 valence electrons. The molecule has 0 radical (unpaired) electrons. The average Bonchev–Trinajstić information content (AvgIpc) is 3.22. The van der Waals surface area contributed by atoms with Gasteiger partial charge in [0.25, 0.3) is 5.91 Å². The van der Waals surface area contributed by atoms with Crippen molar-refractivity contribution in [3.05, 3.63) is 83.1 Å². The third-order valence-corrected chi connectivity index (χ3v) is 5.71. The summed E-state index contributed by atoms with van der Waals surface area (Å²) in [7, 11) is 0. The second-order valence-electron chi connectivity index (χ2n) is 7.83. The fourth-order valence-corrected chi connectivity index (χ4v) is 4.03. The summed E-state index contributed by atoms with van der Waals surface area (Å²) in [4.78, 5) is 34.4. The summed E-state index contributed by atoms with van der Waals surface area (Å²) in [6, 6.07) is 20.8. The number of aromatic nitrogens is 2. The Kier molecular flexibility index (Phi) is 5.71. The third-order valence-electron chi connectivity index (χ3n) is 5.47. The minimum absolute atomic E-state index is 0.117. The van der Waals surface area contributed by atoms with Gasteiger partial charge in [-0.1, -0.05) is 41.9 Å². The molecule has 2 N–H and O–H groups in total. The van der Waals surface area contributed by atoms with E-state index in [4.69, 9.17) is 16.3 Å². The number of rotatable bonds is 6. The van der Waals surface area contributed by atoms with E-state index < -0.39 is 0 Å². The number of carbonyl (C=O) groups excluding carboxylic acids is 2. The van der Waals surface area contributed by atoms with Gasteiger partial charge in [0.1, 0.15) is 18.1 Å². The maximum absolute atomic E-state index is 12.7. The van der Waals surface area contributed by atoms with Crippen molar-refractivity contribution < 1.29 is 14.3 Å². The molecule has 0 saturated carbocycles. The van der Waals surface area contributed by atoms with E-state index in [1.165, 1.54) is 10.5 Å². The van der Waals surface area contributed by atoms with Crippen LogP contribution >= 0.6 is 11.6 Å². The lowest BCUT2D eigenvalue weighted by Crippen LogP contribution is -2.43. The first-order chi connectivity index (χ1) is 16.0. The van der Waals surface area contributed by atoms with Crippen LogP contribution in [0.2, 0.25) is 5.02 Å². The van der Waals surface area contributed by atoms with E-state index in [1.54, 1.807) is 24.3 Å². The molecule has 0 fully saturated rings. The molecule has 1 aromatic heterocycles. The highest BCUT2D eigenvalue weighted by atomic mass is 35.5. The van der Waals surface area contributed by atoms with Crippen LogP contribution in [-0.4, -0.2) is 34.9 Å². The third kappa shape index (κ3) is 4.68. The molecule has 1 aliphatic rings. The summed E-state index contributed by atoms with van der Waals surface area (Å²) in [6.45, 7) is -0.257. The van der Waals surface area contributed by atoms with Gasteiger partial charge in [-0.15, -0.1) is 0 Å². The Bertz CT molecular complexity index is 1340. The molecule has 5 rings (SSSR count). The predicted molar refractivity (Wildman–Crippen MR) is 128 cm³/mol. The van der Waals surface area contributed by atoms with Crippen molar-refractivity contribution >= 4 is 45.8 Å². The second-order valence-corrected chi connectivity index (χ2v) is 8.27. The molecule has 0 aliphatic carbocycles. The van der Waals surface area contributed by atoms with Gasteiger partial charge in [-0.3, -0.25) is 14.5 Å². The predicted octanol–water partition coefficient (Wildman–Crippen LogP) is 4.37. The summed E-state index contributed by atoms with van der Waals surface area (Å²) in [5, 5.41) is 3.32. The summed E-state index contributed by atoms with van der Waals surface area (Å²) >= 11 is 6.07. The number of imidazole rings is 1. The van der Waals surface area contributed by atoms with Gasteiger partial charge in [-0.2, -0.15) is 0 Å². The minimum atomic E-state index is -0.320. The molecule has 7 nitrogen and oxygen atoms in total. The zero-order valence-electron chi connectivity index (χ0n) is 17.7. The molecule has 2 amide bonds. The van der Waals surface area contributed by atoms with Gasteiger partial charge in [0, 0.05) is 17.1 Å². The molecule has 1 aliphatic heterocycles. The van der Waals surface area contributed by atoms with Crippen molar-refractivity contribution in [1.82, 2.24) is 9.97 Å². The van der Waals surface area contributed by atoms with Gasteiger partial charge in [0.2, 0.25) is 5.91 Å². The van der Waals surface area contributed by atoms with E-state index in [1.807, 2.05) is 30.3 Å². The number of carbonyl (C=O) groups is 2. The number of amides is 2. The van der Waals surface area contributed by atoms with Gasteiger partial charge >= 0.3 is 0 Å². The lowest BCUT2D eigenvalue weighted by atomic mass is 10.1. The normalized spacial score (nSPS) is 13.0. The van der Waals surface area contributed by atoms with Crippen LogP contribution in [0.3, 0.4) is 0 Å². The van der Waals surface area contributed by atoms with E-state index in [0.717, 1.165) is 29.7 Å². The summed E-state index contributed by atoms with van der Waals surface area (Å²) in [6.07, 6.45) is 1.69. The van der Waals surface area contributed by atoms with E-state index in [2.05, 4.69) is 27.4 Å². The number of benzene rings is 3. The molecule has 0 atom stereocenters. The topological polar surface area (TPSA) is 87.3 Å². The van der Waals surface area contributed by atoms with Crippen molar-refractivity contribution in [1.29, 1.82) is 0 Å². The Labute approximate surface area is 195 Å². The van der Waals surface area contributed by atoms with Crippen molar-refractivity contribution in [2.24, 2.45) is 0 Å². The zero-order chi connectivity index (χ0) is 22.8. The van der Waals surface area contributed by atoms with Crippen LogP contribution in [-0.2, 0) is 22.4 Å². The SMILES string of the molecule is O=C(CN1C(=O)COc2ccc(Cl)cc21)Nc1ccc2nc(CCc3ccccc3)[nH]c2c1. The number of aryl methyl sites for hydroxylation is 2. The molecule has 8 heteroatoms. The van der Waals surface area contributed by atoms with Crippen LogP contribution in [0, 0.1) is 0 Å². The molecular formula is C25H21ClN4O3. The van der Waals surface area contributed by atoms with E-state index >= 15 is 0 Å². The summed E-state index contributed by atoms with van der Waals surface area (Å²) < 4.78 is 5.43. The molecule has 0 unspecified atom stereocenters. The lowest BCUT2D eigenvalue weighted by Gasteiger charge is -2.29. The number of hydrogen-bond acceptors (Lipinski definition) is 4. The first-order valence-corrected chi connectivity index (χ1v) is 11.0. The Morgan fingerprint density at radius 3 is 2.79 bits per heavy atom. The maximum Gasteiger partial charge on any atom is 0.265 e. The largest absolute Gasteiger partial charge is 0.482 e. The first kappa shape index (κ1) is 21.0. The zero-order valence-corrected chi connectivity index (χ0v) is 18.4. The molecule has 4 aromatic rings. The lowest BCUT2D eigenvalue weighted by molar-refractivity contribution is -0.123. The number of aromatic amines is 1. The van der Waals surface area contributed by atoms with Crippen LogP contribution in [0.5, 0.6) is 5.75 Å². The number of nitrogens with one attached hydrogen (secondary N) is 2. The minimum Gasteiger partial charge on any atom is -0.482 e. The standard InChI is InChI=1S/C25H21ClN4O3/c26-17-7-10-22-21(12-17)30(25(32)15-33-22)14-24(31)27-18-8-9-19-20(13-18)29-23(28-19)11-6-16-4-2-1-3-5-16/h1-5,7-10,12-13H,6,11,14-15H2,(H,27,31)(H,28,29). The quantitative estimate of drug-likeness (QED) is 0.447. The number of ether oxygens (including phenoxy) is 1. The smallest absolute Gasteiger partial charge is 0.265 e. The molecular weight excluding hydrogens is 440 g/mol. The van der Waals surface area contributed by atoms with E-state index in [0.29, 0.717) is 22.1 Å². The van der Waals surface area contributed by atoms with E-state index in [9.17, 15) is 9.59 Å². The molecule has 0 saturated heterocycles. The first-order valence-electron chi connectivity index (χ1n) is 10.6. The van der Waals surface area contributed by atoms with Gasteiger partial charge in [0.15, 0.2) is 6.61 Å². The number of H-pyrrole nitrogens is 1. The molecule has 3 aromatic carbocycles. The summed E-state index contributed by atoms with van der Waals surface area (Å²) in [5.74, 6) is 0.796. The van der Waals surface area contributed by atoms with Gasteiger partial charge in [-0.05, 0) is 48.4 Å². The van der Waals surface area contributed by atoms with Crippen molar-refractivity contribution in [3.63, 3.8) is 0 Å². The highest BCUT2D eigenvalue weighted by molar-refractivity contribution is 6.31. The van der Waals surface area contributed by atoms with Crippen LogP contribution in [0.15, 0.2) is 66.7 Å². The second kappa shape index (κ2) is 8.96. The van der Waals surface area contributed by atoms with Crippen molar-refractivity contribution in [3.8, 4) is 5.75 Å². The highest BCUT2D eigenvalue weighted by Gasteiger charge is 2.27. The van der Waals surface area contributed by atoms with Crippen LogP contribution in [0.1, 0.15) is 11.4 Å². The maximum atomic E-state index is 12.7. The molecule has 33 heavy (non-hydrogen) atoms. The molecule has 0 spiro atoms. The molecule has 0 bridgehead atoms. The van der Waals surface area contributed by atoms with Gasteiger partial charge < -0.3 is 15.0 Å².